The Labute approximate surface area is 148 Å². The number of hydrogen-bond acceptors (Lipinski definition) is 3. The van der Waals surface area contributed by atoms with E-state index in [0.29, 0.717) is 36.6 Å². The fourth-order valence-electron chi connectivity index (χ4n) is 2.85. The molecule has 5 nitrogen and oxygen atoms in total. The molecule has 0 bridgehead atoms. The number of nitrogens with zero attached hydrogens (tertiary/aromatic N) is 1. The minimum atomic E-state index is 0.450. The summed E-state index contributed by atoms with van der Waals surface area (Å²) in [5, 5.41) is 7.37. The largest absolute Gasteiger partial charge is 0.486 e. The molecule has 0 saturated heterocycles. The van der Waals surface area contributed by atoms with Crippen LogP contribution in [0.15, 0.2) is 29.3 Å². The zero-order valence-corrected chi connectivity index (χ0v) is 14.7. The number of aliphatic imine (C=N–C) groups is 1. The van der Waals surface area contributed by atoms with Crippen LogP contribution in [0, 0.1) is 0 Å². The summed E-state index contributed by atoms with van der Waals surface area (Å²) in [4.78, 5) is 4.67. The van der Waals surface area contributed by atoms with Gasteiger partial charge in [-0.1, -0.05) is 23.8 Å². The van der Waals surface area contributed by atoms with Gasteiger partial charge in [0.2, 0.25) is 0 Å². The van der Waals surface area contributed by atoms with E-state index in [4.69, 9.17) is 21.1 Å². The lowest BCUT2D eigenvalue weighted by Crippen LogP contribution is -2.42. The molecule has 1 heterocycles. The van der Waals surface area contributed by atoms with E-state index in [1.54, 1.807) is 0 Å². The fourth-order valence-corrected chi connectivity index (χ4v) is 3.14. The lowest BCUT2D eigenvalue weighted by Gasteiger charge is -2.20. The highest BCUT2D eigenvalue weighted by Gasteiger charge is 2.16. The van der Waals surface area contributed by atoms with Crippen LogP contribution in [0.3, 0.4) is 0 Å². The van der Waals surface area contributed by atoms with Gasteiger partial charge in [-0.2, -0.15) is 0 Å². The standard InChI is InChI=1S/C18H24ClN3O2/c1-2-20-18(22-14-5-3-4-6-14)21-8-7-13-11-15(19)17-16(12-13)23-9-10-24-17/h3-4,11-12,14H,2,5-10H2,1H3,(H2,20,21,22). The SMILES string of the molecule is CCNC(=NCCc1cc(Cl)c2c(c1)OCCO2)NC1CC=CC1. The molecular weight excluding hydrogens is 326 g/mol. The highest BCUT2D eigenvalue weighted by atomic mass is 35.5. The summed E-state index contributed by atoms with van der Waals surface area (Å²) in [6.07, 6.45) is 7.33. The van der Waals surface area contributed by atoms with Crippen LogP contribution < -0.4 is 20.1 Å². The minimum absolute atomic E-state index is 0.450. The number of benzene rings is 1. The molecule has 2 aliphatic rings. The number of guanidine groups is 1. The molecule has 1 aromatic rings. The van der Waals surface area contributed by atoms with E-state index in [2.05, 4.69) is 34.7 Å². The van der Waals surface area contributed by atoms with Gasteiger partial charge >= 0.3 is 0 Å². The summed E-state index contributed by atoms with van der Waals surface area (Å²) in [5.41, 5.74) is 1.10. The Kier molecular flexibility index (Phi) is 5.86. The fraction of sp³-hybridized carbons (Fsp3) is 0.500. The second-order valence-electron chi connectivity index (χ2n) is 5.90. The van der Waals surface area contributed by atoms with Crippen molar-refractivity contribution >= 4 is 17.6 Å². The van der Waals surface area contributed by atoms with E-state index in [-0.39, 0.29) is 0 Å². The van der Waals surface area contributed by atoms with Crippen LogP contribution in [0.2, 0.25) is 5.02 Å². The van der Waals surface area contributed by atoms with E-state index < -0.39 is 0 Å². The molecule has 0 atom stereocenters. The van der Waals surface area contributed by atoms with Gasteiger partial charge in [-0.05, 0) is 43.9 Å². The molecule has 0 spiro atoms. The molecule has 0 amide bonds. The van der Waals surface area contributed by atoms with Crippen LogP contribution in [0.1, 0.15) is 25.3 Å². The van der Waals surface area contributed by atoms with Crippen molar-refractivity contribution in [2.24, 2.45) is 4.99 Å². The molecule has 2 N–H and O–H groups in total. The van der Waals surface area contributed by atoms with Crippen molar-refractivity contribution in [3.8, 4) is 11.5 Å². The lowest BCUT2D eigenvalue weighted by atomic mass is 10.1. The van der Waals surface area contributed by atoms with E-state index in [9.17, 15) is 0 Å². The second kappa shape index (κ2) is 8.29. The van der Waals surface area contributed by atoms with Crippen molar-refractivity contribution in [2.45, 2.75) is 32.2 Å². The van der Waals surface area contributed by atoms with Crippen molar-refractivity contribution in [1.82, 2.24) is 10.6 Å². The van der Waals surface area contributed by atoms with E-state index >= 15 is 0 Å². The Hall–Kier alpha value is -1.88. The molecule has 0 unspecified atom stereocenters. The predicted molar refractivity (Wildman–Crippen MR) is 97.4 cm³/mol. The summed E-state index contributed by atoms with van der Waals surface area (Å²) < 4.78 is 11.2. The number of fused-ring (bicyclic) bond motifs is 1. The van der Waals surface area contributed by atoms with Crippen molar-refractivity contribution < 1.29 is 9.47 Å². The minimum Gasteiger partial charge on any atom is -0.486 e. The molecule has 130 valence electrons. The smallest absolute Gasteiger partial charge is 0.191 e. The number of hydrogen-bond donors (Lipinski definition) is 2. The predicted octanol–water partition coefficient (Wildman–Crippen LogP) is 2.93. The Bertz CT molecular complexity index is 623. The first-order chi connectivity index (χ1) is 11.8. The van der Waals surface area contributed by atoms with E-state index in [1.807, 2.05) is 12.1 Å². The van der Waals surface area contributed by atoms with Crippen LogP contribution in [0.25, 0.3) is 0 Å². The van der Waals surface area contributed by atoms with Crippen LogP contribution >= 0.6 is 11.6 Å². The molecule has 3 rings (SSSR count). The average Bonchev–Trinajstić information content (AvgIpc) is 3.08. The maximum absolute atomic E-state index is 6.28. The highest BCUT2D eigenvalue weighted by Crippen LogP contribution is 2.38. The van der Waals surface area contributed by atoms with Gasteiger partial charge in [0.05, 0.1) is 5.02 Å². The molecule has 24 heavy (non-hydrogen) atoms. The molecule has 6 heteroatoms. The van der Waals surface area contributed by atoms with Gasteiger partial charge in [-0.15, -0.1) is 0 Å². The maximum Gasteiger partial charge on any atom is 0.191 e. The molecule has 0 saturated carbocycles. The van der Waals surface area contributed by atoms with Gasteiger partial charge in [0, 0.05) is 19.1 Å². The monoisotopic (exact) mass is 349 g/mol. The van der Waals surface area contributed by atoms with Gasteiger partial charge in [0.25, 0.3) is 0 Å². The topological polar surface area (TPSA) is 54.9 Å². The van der Waals surface area contributed by atoms with Gasteiger partial charge in [-0.3, -0.25) is 4.99 Å². The van der Waals surface area contributed by atoms with Crippen molar-refractivity contribution in [1.29, 1.82) is 0 Å². The molecule has 1 aromatic carbocycles. The zero-order chi connectivity index (χ0) is 16.8. The Morgan fingerprint density at radius 3 is 2.83 bits per heavy atom. The first-order valence-electron chi connectivity index (χ1n) is 8.54. The van der Waals surface area contributed by atoms with Crippen molar-refractivity contribution in [3.05, 3.63) is 34.9 Å². The highest BCUT2D eigenvalue weighted by molar-refractivity contribution is 6.32. The number of rotatable bonds is 5. The first-order valence-corrected chi connectivity index (χ1v) is 8.92. The average molecular weight is 350 g/mol. The van der Waals surface area contributed by atoms with Gasteiger partial charge in [-0.25, -0.2) is 0 Å². The normalized spacial score (nSPS) is 17.2. The van der Waals surface area contributed by atoms with Crippen LogP contribution in [-0.4, -0.2) is 38.3 Å². The second-order valence-corrected chi connectivity index (χ2v) is 6.30. The third-order valence-electron chi connectivity index (χ3n) is 4.02. The van der Waals surface area contributed by atoms with Crippen molar-refractivity contribution in [3.63, 3.8) is 0 Å². The molecule has 0 fully saturated rings. The Balaban J connectivity index is 1.59. The summed E-state index contributed by atoms with van der Waals surface area (Å²) in [7, 11) is 0. The first kappa shape index (κ1) is 17.0. The third kappa shape index (κ3) is 4.35. The quantitative estimate of drug-likeness (QED) is 0.487. The molecular formula is C18H24ClN3O2. The third-order valence-corrected chi connectivity index (χ3v) is 4.30. The molecule has 0 radical (unpaired) electrons. The summed E-state index contributed by atoms with van der Waals surface area (Å²) >= 11 is 6.28. The number of halogens is 1. The molecule has 0 aromatic heterocycles. The van der Waals surface area contributed by atoms with Crippen LogP contribution in [0.5, 0.6) is 11.5 Å². The maximum atomic E-state index is 6.28. The van der Waals surface area contributed by atoms with E-state index in [0.717, 1.165) is 43.1 Å². The van der Waals surface area contributed by atoms with Crippen molar-refractivity contribution in [2.75, 3.05) is 26.3 Å². The van der Waals surface area contributed by atoms with Gasteiger partial charge in [0.15, 0.2) is 17.5 Å². The summed E-state index contributed by atoms with van der Waals surface area (Å²) in [6.45, 7) is 4.72. The zero-order valence-electron chi connectivity index (χ0n) is 14.0. The summed E-state index contributed by atoms with van der Waals surface area (Å²) in [5.74, 6) is 2.25. The Morgan fingerprint density at radius 1 is 1.25 bits per heavy atom. The lowest BCUT2D eigenvalue weighted by molar-refractivity contribution is 0.171. The molecule has 1 aliphatic carbocycles. The van der Waals surface area contributed by atoms with E-state index in [1.165, 1.54) is 0 Å². The van der Waals surface area contributed by atoms with Crippen LogP contribution in [-0.2, 0) is 6.42 Å². The number of ether oxygens (including phenoxy) is 2. The van der Waals surface area contributed by atoms with Gasteiger partial charge < -0.3 is 20.1 Å². The number of nitrogens with one attached hydrogen (secondary N) is 2. The van der Waals surface area contributed by atoms with Gasteiger partial charge in [0.1, 0.15) is 13.2 Å². The molecule has 1 aliphatic heterocycles. The Morgan fingerprint density at radius 2 is 2.04 bits per heavy atom. The van der Waals surface area contributed by atoms with Crippen LogP contribution in [0.4, 0.5) is 0 Å². The summed E-state index contributed by atoms with van der Waals surface area (Å²) in [6, 6.07) is 4.38.